The Bertz CT molecular complexity index is 334. The lowest BCUT2D eigenvalue weighted by molar-refractivity contribution is 0.0989. The van der Waals surface area contributed by atoms with E-state index in [1.807, 2.05) is 12.1 Å². The molecule has 0 radical (unpaired) electrons. The third kappa shape index (κ3) is 1.94. The van der Waals surface area contributed by atoms with Crippen LogP contribution < -0.4 is 5.73 Å². The summed E-state index contributed by atoms with van der Waals surface area (Å²) in [5.41, 5.74) is 8.28. The van der Waals surface area contributed by atoms with Crippen LogP contribution in [0.15, 0.2) is 24.3 Å². The average molecular weight is 218 g/mol. The Kier molecular flexibility index (Phi) is 3.20. The van der Waals surface area contributed by atoms with Crippen molar-refractivity contribution in [2.24, 2.45) is 0 Å². The molecule has 0 aromatic heterocycles. The van der Waals surface area contributed by atoms with Crippen molar-refractivity contribution in [3.05, 3.63) is 29.8 Å². The summed E-state index contributed by atoms with van der Waals surface area (Å²) >= 11 is 0. The van der Waals surface area contributed by atoms with E-state index >= 15 is 0 Å². The van der Waals surface area contributed by atoms with Gasteiger partial charge in [0.15, 0.2) is 0 Å². The van der Waals surface area contributed by atoms with Crippen molar-refractivity contribution in [1.82, 2.24) is 4.90 Å². The molecule has 1 saturated carbocycles. The van der Waals surface area contributed by atoms with Crippen LogP contribution in [-0.2, 0) is 5.54 Å². The average Bonchev–Trinajstić information content (AvgIpc) is 2.30. The first-order chi connectivity index (χ1) is 7.65. The minimum absolute atomic E-state index is 0.242. The maximum atomic E-state index is 5.76. The molecule has 0 heterocycles. The molecule has 0 bridgehead atoms. The molecule has 88 valence electrons. The Hall–Kier alpha value is -1.02. The molecule has 1 fully saturated rings. The standard InChI is InChI=1S/C14H22N2/c1-16(2)14(10-4-3-5-11-14)12-6-8-13(15)9-7-12/h6-9H,3-5,10-11,15H2,1-2H3. The molecule has 0 atom stereocenters. The second kappa shape index (κ2) is 4.46. The van der Waals surface area contributed by atoms with E-state index in [0.29, 0.717) is 0 Å². The fourth-order valence-corrected chi connectivity index (χ4v) is 2.92. The lowest BCUT2D eigenvalue weighted by atomic mass is 9.75. The third-order valence-electron chi connectivity index (χ3n) is 3.98. The lowest BCUT2D eigenvalue weighted by Crippen LogP contribution is -2.42. The molecule has 2 nitrogen and oxygen atoms in total. The largest absolute Gasteiger partial charge is 0.399 e. The fourth-order valence-electron chi connectivity index (χ4n) is 2.92. The van der Waals surface area contributed by atoms with Crippen LogP contribution in [0.5, 0.6) is 0 Å². The van der Waals surface area contributed by atoms with Gasteiger partial charge in [-0.05, 0) is 44.6 Å². The van der Waals surface area contributed by atoms with Crippen LogP contribution in [0.4, 0.5) is 5.69 Å². The highest BCUT2D eigenvalue weighted by Crippen LogP contribution is 2.40. The second-order valence-corrected chi connectivity index (χ2v) is 5.11. The van der Waals surface area contributed by atoms with Gasteiger partial charge < -0.3 is 5.73 Å². The lowest BCUT2D eigenvalue weighted by Gasteiger charge is -2.43. The number of nitrogens with zero attached hydrogens (tertiary/aromatic N) is 1. The van der Waals surface area contributed by atoms with E-state index in [1.54, 1.807) is 0 Å². The molecule has 0 saturated heterocycles. The molecule has 0 unspecified atom stereocenters. The first kappa shape index (κ1) is 11.5. The van der Waals surface area contributed by atoms with Gasteiger partial charge in [0.1, 0.15) is 0 Å². The minimum Gasteiger partial charge on any atom is -0.399 e. The number of anilines is 1. The maximum Gasteiger partial charge on any atom is 0.0454 e. The van der Waals surface area contributed by atoms with Gasteiger partial charge in [0.25, 0.3) is 0 Å². The van der Waals surface area contributed by atoms with Gasteiger partial charge >= 0.3 is 0 Å². The van der Waals surface area contributed by atoms with Crippen molar-refractivity contribution in [1.29, 1.82) is 0 Å². The molecule has 1 aliphatic rings. The van der Waals surface area contributed by atoms with Gasteiger partial charge in [0.05, 0.1) is 0 Å². The summed E-state index contributed by atoms with van der Waals surface area (Å²) in [6, 6.07) is 8.44. The normalized spacial score (nSPS) is 19.9. The number of nitrogens with two attached hydrogens (primary N) is 1. The summed E-state index contributed by atoms with van der Waals surface area (Å²) in [5.74, 6) is 0. The van der Waals surface area contributed by atoms with Gasteiger partial charge in [0, 0.05) is 11.2 Å². The van der Waals surface area contributed by atoms with Crippen LogP contribution in [0.1, 0.15) is 37.7 Å². The molecule has 1 aromatic rings. The summed E-state index contributed by atoms with van der Waals surface area (Å²) in [5, 5.41) is 0. The molecule has 2 heteroatoms. The quantitative estimate of drug-likeness (QED) is 0.773. The summed E-state index contributed by atoms with van der Waals surface area (Å²) < 4.78 is 0. The van der Waals surface area contributed by atoms with Gasteiger partial charge in [0.2, 0.25) is 0 Å². The number of hydrogen-bond acceptors (Lipinski definition) is 2. The summed E-state index contributed by atoms with van der Waals surface area (Å²) in [6.45, 7) is 0. The number of benzene rings is 1. The van der Waals surface area contributed by atoms with Crippen molar-refractivity contribution < 1.29 is 0 Å². The van der Waals surface area contributed by atoms with Crippen molar-refractivity contribution in [2.75, 3.05) is 19.8 Å². The van der Waals surface area contributed by atoms with Crippen LogP contribution in [0.2, 0.25) is 0 Å². The van der Waals surface area contributed by atoms with E-state index in [1.165, 1.54) is 37.7 Å². The van der Waals surface area contributed by atoms with Gasteiger partial charge in [-0.25, -0.2) is 0 Å². The Morgan fingerprint density at radius 3 is 2.06 bits per heavy atom. The smallest absolute Gasteiger partial charge is 0.0454 e. The first-order valence-electron chi connectivity index (χ1n) is 6.19. The number of rotatable bonds is 2. The molecule has 0 spiro atoms. The minimum atomic E-state index is 0.242. The zero-order valence-corrected chi connectivity index (χ0v) is 10.4. The predicted octanol–water partition coefficient (Wildman–Crippen LogP) is 2.99. The monoisotopic (exact) mass is 218 g/mol. The molecule has 0 amide bonds. The Balaban J connectivity index is 2.34. The van der Waals surface area contributed by atoms with Crippen LogP contribution in [-0.4, -0.2) is 19.0 Å². The van der Waals surface area contributed by atoms with Gasteiger partial charge in [-0.1, -0.05) is 31.4 Å². The summed E-state index contributed by atoms with van der Waals surface area (Å²) in [4.78, 5) is 2.39. The van der Waals surface area contributed by atoms with Crippen LogP contribution in [0.3, 0.4) is 0 Å². The Labute approximate surface area is 98.4 Å². The second-order valence-electron chi connectivity index (χ2n) is 5.11. The van der Waals surface area contributed by atoms with E-state index in [0.717, 1.165) is 5.69 Å². The van der Waals surface area contributed by atoms with Crippen LogP contribution in [0.25, 0.3) is 0 Å². The molecule has 16 heavy (non-hydrogen) atoms. The van der Waals surface area contributed by atoms with E-state index in [4.69, 9.17) is 5.73 Å². The zero-order valence-electron chi connectivity index (χ0n) is 10.4. The van der Waals surface area contributed by atoms with Crippen molar-refractivity contribution >= 4 is 5.69 Å². The molecular formula is C14H22N2. The molecule has 0 aliphatic heterocycles. The van der Waals surface area contributed by atoms with E-state index < -0.39 is 0 Å². The Morgan fingerprint density at radius 2 is 1.56 bits per heavy atom. The molecular weight excluding hydrogens is 196 g/mol. The molecule has 1 aliphatic carbocycles. The van der Waals surface area contributed by atoms with E-state index in [9.17, 15) is 0 Å². The highest BCUT2D eigenvalue weighted by Gasteiger charge is 2.35. The highest BCUT2D eigenvalue weighted by atomic mass is 15.1. The molecule has 2 rings (SSSR count). The Morgan fingerprint density at radius 1 is 1.00 bits per heavy atom. The van der Waals surface area contributed by atoms with Crippen molar-refractivity contribution in [3.8, 4) is 0 Å². The fraction of sp³-hybridized carbons (Fsp3) is 0.571. The molecule has 1 aromatic carbocycles. The summed E-state index contributed by atoms with van der Waals surface area (Å²) in [6.07, 6.45) is 6.59. The van der Waals surface area contributed by atoms with Crippen LogP contribution >= 0.6 is 0 Å². The van der Waals surface area contributed by atoms with Gasteiger partial charge in [-0.15, -0.1) is 0 Å². The predicted molar refractivity (Wildman–Crippen MR) is 69.3 cm³/mol. The van der Waals surface area contributed by atoms with Gasteiger partial charge in [-0.3, -0.25) is 4.90 Å². The third-order valence-corrected chi connectivity index (χ3v) is 3.98. The zero-order chi connectivity index (χ0) is 11.6. The van der Waals surface area contributed by atoms with Crippen LogP contribution in [0, 0.1) is 0 Å². The number of hydrogen-bond donors (Lipinski definition) is 1. The molecule has 2 N–H and O–H groups in total. The van der Waals surface area contributed by atoms with Crippen molar-refractivity contribution in [2.45, 2.75) is 37.6 Å². The number of nitrogen functional groups attached to an aromatic ring is 1. The maximum absolute atomic E-state index is 5.76. The van der Waals surface area contributed by atoms with E-state index in [-0.39, 0.29) is 5.54 Å². The van der Waals surface area contributed by atoms with Gasteiger partial charge in [-0.2, -0.15) is 0 Å². The van der Waals surface area contributed by atoms with E-state index in [2.05, 4.69) is 31.1 Å². The van der Waals surface area contributed by atoms with Crippen molar-refractivity contribution in [3.63, 3.8) is 0 Å². The highest BCUT2D eigenvalue weighted by molar-refractivity contribution is 5.41. The first-order valence-corrected chi connectivity index (χ1v) is 6.19. The summed E-state index contributed by atoms with van der Waals surface area (Å²) in [7, 11) is 4.39. The topological polar surface area (TPSA) is 29.3 Å². The SMILES string of the molecule is CN(C)C1(c2ccc(N)cc2)CCCCC1.